The molecule has 0 radical (unpaired) electrons. The predicted octanol–water partition coefficient (Wildman–Crippen LogP) is 2.87. The number of sulfonamides is 1. The van der Waals surface area contributed by atoms with Gasteiger partial charge in [-0.25, -0.2) is 17.5 Å². The van der Waals surface area contributed by atoms with Gasteiger partial charge in [-0.05, 0) is 24.6 Å². The molecule has 0 atom stereocenters. The standard InChI is InChI=1S/C24H27FN4O4S/c1-2-3-8-13-29-23(30)19-10-5-4-9-18(19)22(26-29)24(31)27-14-16-28(17-15-27)34(32,33)21-12-7-6-11-20(21)25/h4-7,9-12H,2-3,8,13-17H2,1H3. The van der Waals surface area contributed by atoms with E-state index in [4.69, 9.17) is 0 Å². The summed E-state index contributed by atoms with van der Waals surface area (Å²) in [4.78, 5) is 27.4. The summed E-state index contributed by atoms with van der Waals surface area (Å²) >= 11 is 0. The minimum atomic E-state index is -4.01. The highest BCUT2D eigenvalue weighted by Crippen LogP contribution is 2.22. The van der Waals surface area contributed by atoms with Crippen LogP contribution in [-0.2, 0) is 16.6 Å². The van der Waals surface area contributed by atoms with Crippen LogP contribution in [0.15, 0.2) is 58.2 Å². The van der Waals surface area contributed by atoms with Crippen molar-refractivity contribution >= 4 is 26.7 Å². The Morgan fingerprint density at radius 1 is 0.971 bits per heavy atom. The number of hydrogen-bond acceptors (Lipinski definition) is 5. The van der Waals surface area contributed by atoms with Gasteiger partial charge >= 0.3 is 0 Å². The quantitative estimate of drug-likeness (QED) is 0.479. The number of carbonyl (C=O) groups is 1. The Morgan fingerprint density at radius 3 is 2.29 bits per heavy atom. The number of piperazine rings is 1. The molecule has 2 aromatic carbocycles. The maximum Gasteiger partial charge on any atom is 0.275 e. The summed E-state index contributed by atoms with van der Waals surface area (Å²) in [6.07, 6.45) is 2.72. The van der Waals surface area contributed by atoms with Crippen molar-refractivity contribution < 1.29 is 17.6 Å². The van der Waals surface area contributed by atoms with Crippen molar-refractivity contribution in [2.75, 3.05) is 26.2 Å². The van der Waals surface area contributed by atoms with Crippen LogP contribution in [0.4, 0.5) is 4.39 Å². The maximum absolute atomic E-state index is 14.1. The first-order valence-electron chi connectivity index (χ1n) is 11.4. The zero-order valence-electron chi connectivity index (χ0n) is 19.0. The smallest absolute Gasteiger partial charge is 0.275 e. The van der Waals surface area contributed by atoms with Crippen LogP contribution in [0.2, 0.25) is 0 Å². The predicted molar refractivity (Wildman–Crippen MR) is 127 cm³/mol. The third-order valence-electron chi connectivity index (χ3n) is 6.02. The molecule has 1 aliphatic heterocycles. The molecule has 2 heterocycles. The molecule has 1 aromatic heterocycles. The van der Waals surface area contributed by atoms with Gasteiger partial charge in [0, 0.05) is 38.1 Å². The third kappa shape index (κ3) is 4.60. The molecule has 0 unspecified atom stereocenters. The largest absolute Gasteiger partial charge is 0.335 e. The summed E-state index contributed by atoms with van der Waals surface area (Å²) in [6, 6.07) is 12.1. The number of aryl methyl sites for hydroxylation is 1. The molecule has 10 heteroatoms. The average Bonchev–Trinajstić information content (AvgIpc) is 2.85. The van der Waals surface area contributed by atoms with Crippen LogP contribution >= 0.6 is 0 Å². The maximum atomic E-state index is 14.1. The lowest BCUT2D eigenvalue weighted by molar-refractivity contribution is 0.0691. The van der Waals surface area contributed by atoms with Gasteiger partial charge in [0.15, 0.2) is 5.69 Å². The first-order valence-corrected chi connectivity index (χ1v) is 12.8. The lowest BCUT2D eigenvalue weighted by Crippen LogP contribution is -2.51. The molecular formula is C24H27FN4O4S. The van der Waals surface area contributed by atoms with Crippen molar-refractivity contribution in [1.82, 2.24) is 19.0 Å². The zero-order valence-corrected chi connectivity index (χ0v) is 19.8. The van der Waals surface area contributed by atoms with Crippen LogP contribution in [0.25, 0.3) is 10.8 Å². The first-order chi connectivity index (χ1) is 16.3. The summed E-state index contributed by atoms with van der Waals surface area (Å²) in [5.74, 6) is -1.16. The molecule has 0 bridgehead atoms. The number of benzene rings is 2. The van der Waals surface area contributed by atoms with Gasteiger partial charge in [0.25, 0.3) is 11.5 Å². The van der Waals surface area contributed by atoms with Gasteiger partial charge in [-0.2, -0.15) is 9.40 Å². The van der Waals surface area contributed by atoms with Crippen LogP contribution < -0.4 is 5.56 Å². The monoisotopic (exact) mass is 486 g/mol. The zero-order chi connectivity index (χ0) is 24.3. The number of rotatable bonds is 7. The normalized spacial score (nSPS) is 15.1. The van der Waals surface area contributed by atoms with Crippen LogP contribution in [0.3, 0.4) is 0 Å². The second kappa shape index (κ2) is 10.0. The minimum Gasteiger partial charge on any atom is -0.335 e. The van der Waals surface area contributed by atoms with E-state index in [0.717, 1.165) is 25.3 Å². The van der Waals surface area contributed by atoms with Gasteiger partial charge in [-0.15, -0.1) is 0 Å². The van der Waals surface area contributed by atoms with Crippen molar-refractivity contribution in [3.05, 3.63) is 70.4 Å². The summed E-state index contributed by atoms with van der Waals surface area (Å²) in [5.41, 5.74) is -0.0545. The number of amides is 1. The summed E-state index contributed by atoms with van der Waals surface area (Å²) in [7, 11) is -4.01. The van der Waals surface area contributed by atoms with Gasteiger partial charge < -0.3 is 4.90 Å². The Hall–Kier alpha value is -3.11. The molecule has 34 heavy (non-hydrogen) atoms. The summed E-state index contributed by atoms with van der Waals surface area (Å²) in [6.45, 7) is 2.84. The number of unbranched alkanes of at least 4 members (excludes halogenated alkanes) is 2. The highest BCUT2D eigenvalue weighted by molar-refractivity contribution is 7.89. The Bertz CT molecular complexity index is 1360. The molecule has 1 amide bonds. The van der Waals surface area contributed by atoms with Crippen molar-refractivity contribution in [1.29, 1.82) is 0 Å². The number of hydrogen-bond donors (Lipinski definition) is 0. The highest BCUT2D eigenvalue weighted by atomic mass is 32.2. The number of aromatic nitrogens is 2. The van der Waals surface area contributed by atoms with Crippen LogP contribution in [-0.4, -0.2) is 59.5 Å². The number of carbonyl (C=O) groups excluding carboxylic acids is 1. The van der Waals surface area contributed by atoms with E-state index in [1.54, 1.807) is 24.3 Å². The van der Waals surface area contributed by atoms with E-state index < -0.39 is 15.8 Å². The van der Waals surface area contributed by atoms with E-state index in [2.05, 4.69) is 12.0 Å². The Labute approximate surface area is 197 Å². The molecule has 0 aliphatic carbocycles. The van der Waals surface area contributed by atoms with E-state index in [1.807, 2.05) is 0 Å². The molecule has 1 fully saturated rings. The molecule has 0 N–H and O–H groups in total. The highest BCUT2D eigenvalue weighted by Gasteiger charge is 2.33. The van der Waals surface area contributed by atoms with Crippen LogP contribution in [0, 0.1) is 5.82 Å². The van der Waals surface area contributed by atoms with E-state index in [0.29, 0.717) is 17.3 Å². The molecular weight excluding hydrogens is 459 g/mol. The second-order valence-corrected chi connectivity index (χ2v) is 10.2. The Kier molecular flexibility index (Phi) is 7.08. The van der Waals surface area contributed by atoms with Gasteiger partial charge in [0.2, 0.25) is 10.0 Å². The third-order valence-corrected chi connectivity index (χ3v) is 7.96. The molecule has 0 saturated carbocycles. The van der Waals surface area contributed by atoms with Crippen LogP contribution in [0.5, 0.6) is 0 Å². The first kappa shape index (κ1) is 24.0. The van der Waals surface area contributed by atoms with E-state index >= 15 is 0 Å². The van der Waals surface area contributed by atoms with Crippen molar-refractivity contribution in [3.8, 4) is 0 Å². The fraction of sp³-hybridized carbons (Fsp3) is 0.375. The van der Waals surface area contributed by atoms with Gasteiger partial charge in [0.05, 0.1) is 5.39 Å². The van der Waals surface area contributed by atoms with Crippen molar-refractivity contribution in [3.63, 3.8) is 0 Å². The number of halogens is 1. The Balaban J connectivity index is 1.57. The molecule has 1 aliphatic rings. The van der Waals surface area contributed by atoms with E-state index in [-0.39, 0.29) is 48.2 Å². The average molecular weight is 487 g/mol. The number of nitrogens with zero attached hydrogens (tertiary/aromatic N) is 4. The van der Waals surface area contributed by atoms with E-state index in [9.17, 15) is 22.4 Å². The van der Waals surface area contributed by atoms with Crippen LogP contribution in [0.1, 0.15) is 36.7 Å². The van der Waals surface area contributed by atoms with Crippen molar-refractivity contribution in [2.24, 2.45) is 0 Å². The van der Waals surface area contributed by atoms with Crippen molar-refractivity contribution in [2.45, 2.75) is 37.6 Å². The molecule has 180 valence electrons. The fourth-order valence-electron chi connectivity index (χ4n) is 4.13. The molecule has 4 rings (SSSR count). The molecule has 8 nitrogen and oxygen atoms in total. The minimum absolute atomic E-state index is 0.0382. The number of fused-ring (bicyclic) bond motifs is 1. The van der Waals surface area contributed by atoms with E-state index in [1.165, 1.54) is 32.1 Å². The molecule has 1 saturated heterocycles. The lowest BCUT2D eigenvalue weighted by Gasteiger charge is -2.34. The summed E-state index contributed by atoms with van der Waals surface area (Å²) < 4.78 is 42.4. The van der Waals surface area contributed by atoms with Gasteiger partial charge in [0.1, 0.15) is 10.7 Å². The topological polar surface area (TPSA) is 92.6 Å². The van der Waals surface area contributed by atoms with Gasteiger partial charge in [-0.3, -0.25) is 9.59 Å². The van der Waals surface area contributed by atoms with Gasteiger partial charge in [-0.1, -0.05) is 50.1 Å². The Morgan fingerprint density at radius 2 is 1.62 bits per heavy atom. The molecule has 0 spiro atoms. The SMILES string of the molecule is CCCCCn1nc(C(=O)N2CCN(S(=O)(=O)c3ccccc3F)CC2)c2ccccc2c1=O. The summed E-state index contributed by atoms with van der Waals surface area (Å²) in [5, 5.41) is 5.31. The fourth-order valence-corrected chi connectivity index (χ4v) is 5.62. The lowest BCUT2D eigenvalue weighted by atomic mass is 10.1. The molecule has 3 aromatic rings. The second-order valence-electron chi connectivity index (χ2n) is 8.26.